The van der Waals surface area contributed by atoms with E-state index in [0.29, 0.717) is 6.04 Å². The molecule has 1 aliphatic carbocycles. The average Bonchev–Trinajstić information content (AvgIpc) is 2.93. The molecule has 2 aliphatic rings. The second-order valence-electron chi connectivity index (χ2n) is 6.09. The van der Waals surface area contributed by atoms with E-state index in [9.17, 15) is 0 Å². The minimum absolute atomic E-state index is 0.685. The van der Waals surface area contributed by atoms with Crippen LogP contribution < -0.4 is 10.1 Å². The molecule has 1 N–H and O–H groups in total. The zero-order valence-corrected chi connectivity index (χ0v) is 13.8. The first kappa shape index (κ1) is 14.4. The topological polar surface area (TPSA) is 21.3 Å². The highest BCUT2D eigenvalue weighted by molar-refractivity contribution is 9.10. The van der Waals surface area contributed by atoms with Crippen molar-refractivity contribution in [2.24, 2.45) is 5.92 Å². The molecule has 2 atom stereocenters. The maximum Gasteiger partial charge on any atom is 0.127 e. The van der Waals surface area contributed by atoms with Gasteiger partial charge in [0, 0.05) is 29.0 Å². The number of ether oxygens (including phenoxy) is 1. The fraction of sp³-hybridized carbons (Fsp3) is 0.647. The van der Waals surface area contributed by atoms with Crippen LogP contribution in [0.1, 0.15) is 50.2 Å². The number of nitrogens with one attached hydrogen (secondary N) is 1. The van der Waals surface area contributed by atoms with Gasteiger partial charge in [0.2, 0.25) is 0 Å². The molecule has 0 saturated heterocycles. The van der Waals surface area contributed by atoms with Gasteiger partial charge in [-0.05, 0) is 36.5 Å². The van der Waals surface area contributed by atoms with Gasteiger partial charge in [0.1, 0.15) is 5.75 Å². The summed E-state index contributed by atoms with van der Waals surface area (Å²) in [5.41, 5.74) is 2.67. The summed E-state index contributed by atoms with van der Waals surface area (Å²) in [5.74, 6) is 1.98. The van der Waals surface area contributed by atoms with Crippen LogP contribution in [0, 0.1) is 5.92 Å². The lowest BCUT2D eigenvalue weighted by atomic mass is 9.83. The van der Waals surface area contributed by atoms with E-state index < -0.39 is 0 Å². The van der Waals surface area contributed by atoms with Crippen LogP contribution in [0.2, 0.25) is 0 Å². The van der Waals surface area contributed by atoms with E-state index in [1.807, 2.05) is 0 Å². The van der Waals surface area contributed by atoms with E-state index in [4.69, 9.17) is 4.74 Å². The van der Waals surface area contributed by atoms with Gasteiger partial charge in [-0.1, -0.05) is 42.1 Å². The van der Waals surface area contributed by atoms with E-state index in [2.05, 4.69) is 40.3 Å². The first-order chi connectivity index (χ1) is 9.78. The zero-order valence-electron chi connectivity index (χ0n) is 12.3. The highest BCUT2D eigenvalue weighted by Crippen LogP contribution is 2.33. The Morgan fingerprint density at radius 2 is 2.15 bits per heavy atom. The van der Waals surface area contributed by atoms with Crippen LogP contribution in [0.3, 0.4) is 0 Å². The molecule has 1 aromatic carbocycles. The Hall–Kier alpha value is -0.540. The summed E-state index contributed by atoms with van der Waals surface area (Å²) < 4.78 is 6.99. The Bertz CT molecular complexity index is 474. The van der Waals surface area contributed by atoms with E-state index in [1.54, 1.807) is 0 Å². The zero-order chi connectivity index (χ0) is 13.9. The molecule has 0 aromatic heterocycles. The minimum atomic E-state index is 0.685. The number of rotatable bonds is 4. The largest absolute Gasteiger partial charge is 0.493 e. The van der Waals surface area contributed by atoms with Crippen molar-refractivity contribution in [1.82, 2.24) is 5.32 Å². The summed E-state index contributed by atoms with van der Waals surface area (Å²) in [6.07, 6.45) is 7.84. The third-order valence-corrected chi connectivity index (χ3v) is 5.27. The Morgan fingerprint density at radius 1 is 1.30 bits per heavy atom. The van der Waals surface area contributed by atoms with E-state index >= 15 is 0 Å². The lowest BCUT2D eigenvalue weighted by molar-refractivity contribution is 0.253. The van der Waals surface area contributed by atoms with Crippen molar-refractivity contribution in [1.29, 1.82) is 0 Å². The van der Waals surface area contributed by atoms with Gasteiger partial charge in [-0.2, -0.15) is 0 Å². The summed E-state index contributed by atoms with van der Waals surface area (Å²) in [4.78, 5) is 0. The molecule has 3 rings (SSSR count). The maximum atomic E-state index is 5.82. The van der Waals surface area contributed by atoms with Gasteiger partial charge < -0.3 is 10.1 Å². The molecule has 1 fully saturated rings. The number of hydrogen-bond acceptors (Lipinski definition) is 2. The van der Waals surface area contributed by atoms with Crippen LogP contribution in [0.15, 0.2) is 16.6 Å². The summed E-state index contributed by atoms with van der Waals surface area (Å²) in [6.45, 7) is 4.09. The number of fused-ring (bicyclic) bond motifs is 1. The molecule has 1 saturated carbocycles. The van der Waals surface area contributed by atoms with Gasteiger partial charge in [-0.15, -0.1) is 0 Å². The Kier molecular flexibility index (Phi) is 4.67. The summed E-state index contributed by atoms with van der Waals surface area (Å²) in [7, 11) is 0. The normalized spacial score (nSPS) is 25.3. The Labute approximate surface area is 130 Å². The van der Waals surface area contributed by atoms with E-state index in [-0.39, 0.29) is 0 Å². The van der Waals surface area contributed by atoms with Gasteiger partial charge in [-0.3, -0.25) is 0 Å². The monoisotopic (exact) mass is 337 g/mol. The first-order valence-electron chi connectivity index (χ1n) is 7.95. The van der Waals surface area contributed by atoms with Crippen molar-refractivity contribution in [3.05, 3.63) is 27.7 Å². The molecule has 20 heavy (non-hydrogen) atoms. The van der Waals surface area contributed by atoms with Crippen molar-refractivity contribution >= 4 is 15.9 Å². The highest BCUT2D eigenvalue weighted by atomic mass is 79.9. The molecule has 1 aromatic rings. The minimum Gasteiger partial charge on any atom is -0.493 e. The molecule has 0 bridgehead atoms. The van der Waals surface area contributed by atoms with Crippen LogP contribution in [0.5, 0.6) is 5.75 Å². The fourth-order valence-corrected chi connectivity index (χ4v) is 4.24. The van der Waals surface area contributed by atoms with Crippen LogP contribution in [-0.2, 0) is 13.0 Å². The lowest BCUT2D eigenvalue weighted by Crippen LogP contribution is -2.37. The van der Waals surface area contributed by atoms with Crippen molar-refractivity contribution in [3.63, 3.8) is 0 Å². The fourth-order valence-electron chi connectivity index (χ4n) is 3.68. The second kappa shape index (κ2) is 6.48. The molecule has 2 nitrogen and oxygen atoms in total. The summed E-state index contributed by atoms with van der Waals surface area (Å²) >= 11 is 3.62. The molecule has 0 radical (unpaired) electrons. The second-order valence-corrected chi connectivity index (χ2v) is 7.01. The van der Waals surface area contributed by atoms with Crippen LogP contribution in [0.4, 0.5) is 0 Å². The standard InChI is InChI=1S/C17H24BrNO/c1-2-12-5-3-4-6-16(12)19-11-14-10-15(18)9-13-7-8-20-17(13)14/h9-10,12,16,19H,2-8,11H2,1H3. The number of benzene rings is 1. The molecular weight excluding hydrogens is 314 g/mol. The van der Waals surface area contributed by atoms with E-state index in [1.165, 1.54) is 47.7 Å². The Morgan fingerprint density at radius 3 is 3.00 bits per heavy atom. The smallest absolute Gasteiger partial charge is 0.127 e. The summed E-state index contributed by atoms with van der Waals surface area (Å²) in [5, 5.41) is 3.80. The number of halogens is 1. The predicted molar refractivity (Wildman–Crippen MR) is 86.2 cm³/mol. The van der Waals surface area contributed by atoms with Gasteiger partial charge >= 0.3 is 0 Å². The predicted octanol–water partition coefficient (Wildman–Crippen LogP) is 4.44. The molecule has 110 valence electrons. The third-order valence-electron chi connectivity index (χ3n) is 4.81. The molecular formula is C17H24BrNO. The van der Waals surface area contributed by atoms with Crippen LogP contribution in [0.25, 0.3) is 0 Å². The van der Waals surface area contributed by atoms with Gasteiger partial charge in [0.25, 0.3) is 0 Å². The molecule has 1 heterocycles. The van der Waals surface area contributed by atoms with Gasteiger partial charge in [0.05, 0.1) is 6.61 Å². The quantitative estimate of drug-likeness (QED) is 0.876. The molecule has 1 aliphatic heterocycles. The molecule has 3 heteroatoms. The Balaban J connectivity index is 1.69. The van der Waals surface area contributed by atoms with Crippen molar-refractivity contribution < 1.29 is 4.74 Å². The van der Waals surface area contributed by atoms with Gasteiger partial charge in [0.15, 0.2) is 0 Å². The van der Waals surface area contributed by atoms with Crippen molar-refractivity contribution in [3.8, 4) is 5.75 Å². The van der Waals surface area contributed by atoms with Gasteiger partial charge in [-0.25, -0.2) is 0 Å². The molecule has 2 unspecified atom stereocenters. The summed E-state index contributed by atoms with van der Waals surface area (Å²) in [6, 6.07) is 5.09. The first-order valence-corrected chi connectivity index (χ1v) is 8.74. The lowest BCUT2D eigenvalue weighted by Gasteiger charge is -2.32. The van der Waals surface area contributed by atoms with Crippen molar-refractivity contribution in [2.75, 3.05) is 6.61 Å². The third kappa shape index (κ3) is 3.04. The molecule has 0 amide bonds. The number of hydrogen-bond donors (Lipinski definition) is 1. The highest BCUT2D eigenvalue weighted by Gasteiger charge is 2.24. The van der Waals surface area contributed by atoms with Crippen molar-refractivity contribution in [2.45, 2.75) is 58.0 Å². The van der Waals surface area contributed by atoms with Crippen LogP contribution in [-0.4, -0.2) is 12.6 Å². The molecule has 0 spiro atoms. The van der Waals surface area contributed by atoms with Crippen LogP contribution >= 0.6 is 15.9 Å². The average molecular weight is 338 g/mol. The van der Waals surface area contributed by atoms with E-state index in [0.717, 1.165) is 31.2 Å². The SMILES string of the molecule is CCC1CCCCC1NCc1cc(Br)cc2c1OCC2. The maximum absolute atomic E-state index is 5.82.